The molecule has 0 aliphatic carbocycles. The molecule has 4 heteroatoms. The van der Waals surface area contributed by atoms with E-state index in [-0.39, 0.29) is 10.9 Å². The maximum atomic E-state index is 11.1. The Balaban J connectivity index is 1.97. The van der Waals surface area contributed by atoms with E-state index in [0.29, 0.717) is 5.03 Å². The van der Waals surface area contributed by atoms with Crippen molar-refractivity contribution in [3.63, 3.8) is 0 Å². The monoisotopic (exact) mass is 321 g/mol. The van der Waals surface area contributed by atoms with Crippen LogP contribution in [0, 0.1) is 0 Å². The van der Waals surface area contributed by atoms with Crippen molar-refractivity contribution < 1.29 is 9.90 Å². The van der Waals surface area contributed by atoms with E-state index in [2.05, 4.69) is 29.2 Å². The van der Waals surface area contributed by atoms with E-state index in [9.17, 15) is 4.79 Å². The molecule has 0 aliphatic rings. The summed E-state index contributed by atoms with van der Waals surface area (Å²) in [6.45, 7) is 0. The van der Waals surface area contributed by atoms with Gasteiger partial charge in [-0.1, -0.05) is 78.5 Å². The summed E-state index contributed by atoms with van der Waals surface area (Å²) < 4.78 is 0. The molecule has 23 heavy (non-hydrogen) atoms. The van der Waals surface area contributed by atoms with Gasteiger partial charge in [-0.15, -0.1) is 0 Å². The van der Waals surface area contributed by atoms with Crippen LogP contribution in [-0.2, 0) is 0 Å². The van der Waals surface area contributed by atoms with Crippen LogP contribution in [0.1, 0.15) is 26.9 Å². The lowest BCUT2D eigenvalue weighted by Crippen LogP contribution is -2.02. The molecule has 0 bridgehead atoms. The normalized spacial score (nSPS) is 10.7. The molecule has 0 unspecified atom stereocenters. The van der Waals surface area contributed by atoms with E-state index < -0.39 is 5.97 Å². The van der Waals surface area contributed by atoms with E-state index in [4.69, 9.17) is 5.11 Å². The van der Waals surface area contributed by atoms with Crippen LogP contribution in [0.15, 0.2) is 83.9 Å². The van der Waals surface area contributed by atoms with Crippen molar-refractivity contribution in [2.45, 2.75) is 10.3 Å². The molecule has 0 saturated carbocycles. The fourth-order valence-corrected chi connectivity index (χ4v) is 3.44. The Hall–Kier alpha value is -2.59. The summed E-state index contributed by atoms with van der Waals surface area (Å²) >= 11 is 1.55. The van der Waals surface area contributed by atoms with Crippen LogP contribution in [0.5, 0.6) is 0 Å². The zero-order valence-electron chi connectivity index (χ0n) is 12.3. The number of thioether (sulfide) groups is 1. The molecule has 1 aromatic heterocycles. The first-order valence-electron chi connectivity index (χ1n) is 7.21. The predicted molar refractivity (Wildman–Crippen MR) is 91.8 cm³/mol. The second kappa shape index (κ2) is 7.11. The molecule has 0 amide bonds. The van der Waals surface area contributed by atoms with Gasteiger partial charge in [0.25, 0.3) is 0 Å². The Morgan fingerprint density at radius 1 is 0.826 bits per heavy atom. The fraction of sp³-hybridized carbons (Fsp3) is 0.0526. The first-order valence-corrected chi connectivity index (χ1v) is 8.09. The van der Waals surface area contributed by atoms with Gasteiger partial charge < -0.3 is 5.11 Å². The average molecular weight is 321 g/mol. The van der Waals surface area contributed by atoms with E-state index in [1.54, 1.807) is 17.8 Å². The second-order valence-electron chi connectivity index (χ2n) is 4.99. The summed E-state index contributed by atoms with van der Waals surface area (Å²) in [6, 6.07) is 25.4. The minimum absolute atomic E-state index is 0.0638. The third-order valence-electron chi connectivity index (χ3n) is 3.39. The molecule has 0 atom stereocenters. The second-order valence-corrected chi connectivity index (χ2v) is 6.11. The number of carbonyl (C=O) groups is 1. The van der Waals surface area contributed by atoms with Crippen LogP contribution in [0.4, 0.5) is 0 Å². The maximum Gasteiger partial charge on any atom is 0.354 e. The Labute approximate surface area is 139 Å². The minimum atomic E-state index is -1.01. The van der Waals surface area contributed by atoms with Gasteiger partial charge >= 0.3 is 5.97 Å². The van der Waals surface area contributed by atoms with Gasteiger partial charge in [-0.2, -0.15) is 0 Å². The fourth-order valence-electron chi connectivity index (χ4n) is 2.30. The number of pyridine rings is 1. The Morgan fingerprint density at radius 2 is 1.39 bits per heavy atom. The molecule has 114 valence electrons. The van der Waals surface area contributed by atoms with E-state index >= 15 is 0 Å². The van der Waals surface area contributed by atoms with Crippen molar-refractivity contribution in [3.8, 4) is 0 Å². The summed E-state index contributed by atoms with van der Waals surface area (Å²) in [5, 5.41) is 9.87. The summed E-state index contributed by atoms with van der Waals surface area (Å²) in [5.41, 5.74) is 2.38. The molecule has 0 saturated heterocycles. The largest absolute Gasteiger partial charge is 0.477 e. The Morgan fingerprint density at radius 3 is 1.91 bits per heavy atom. The summed E-state index contributed by atoms with van der Waals surface area (Å²) in [7, 11) is 0. The minimum Gasteiger partial charge on any atom is -0.477 e. The number of carboxylic acid groups (broad SMARTS) is 1. The standard InChI is InChI=1S/C19H15NO2S/c21-19(22)16-12-7-13-17(20-16)23-18(14-8-3-1-4-9-14)15-10-5-2-6-11-15/h1-13,18H,(H,21,22). The smallest absolute Gasteiger partial charge is 0.354 e. The molecule has 1 N–H and O–H groups in total. The van der Waals surface area contributed by atoms with Crippen molar-refractivity contribution in [2.75, 3.05) is 0 Å². The highest BCUT2D eigenvalue weighted by atomic mass is 32.2. The Bertz CT molecular complexity index is 751. The molecular weight excluding hydrogens is 306 g/mol. The molecule has 3 rings (SSSR count). The van der Waals surface area contributed by atoms with Crippen molar-refractivity contribution in [1.29, 1.82) is 0 Å². The van der Waals surface area contributed by atoms with Crippen molar-refractivity contribution >= 4 is 17.7 Å². The maximum absolute atomic E-state index is 11.1. The van der Waals surface area contributed by atoms with Gasteiger partial charge in [-0.05, 0) is 23.3 Å². The number of rotatable bonds is 5. The summed E-state index contributed by atoms with van der Waals surface area (Å²) in [5.74, 6) is -1.01. The third kappa shape index (κ3) is 3.79. The first-order chi connectivity index (χ1) is 11.2. The van der Waals surface area contributed by atoms with Gasteiger partial charge in [0, 0.05) is 0 Å². The van der Waals surface area contributed by atoms with Gasteiger partial charge in [0.05, 0.1) is 10.3 Å². The first kappa shape index (κ1) is 15.3. The molecule has 3 nitrogen and oxygen atoms in total. The number of carboxylic acids is 1. The van der Waals surface area contributed by atoms with Gasteiger partial charge in [0.2, 0.25) is 0 Å². The number of benzene rings is 2. The van der Waals surface area contributed by atoms with Crippen molar-refractivity contribution in [1.82, 2.24) is 4.98 Å². The van der Waals surface area contributed by atoms with E-state index in [0.717, 1.165) is 11.1 Å². The van der Waals surface area contributed by atoms with Crippen molar-refractivity contribution in [3.05, 3.63) is 95.7 Å². The lowest BCUT2D eigenvalue weighted by molar-refractivity contribution is 0.0689. The number of hydrogen-bond donors (Lipinski definition) is 1. The van der Waals surface area contributed by atoms with Crippen LogP contribution in [-0.4, -0.2) is 16.1 Å². The SMILES string of the molecule is O=C(O)c1cccc(SC(c2ccccc2)c2ccccc2)n1. The van der Waals surface area contributed by atoms with Gasteiger partial charge in [0.15, 0.2) is 0 Å². The molecule has 1 heterocycles. The van der Waals surface area contributed by atoms with Crippen LogP contribution >= 0.6 is 11.8 Å². The molecule has 0 radical (unpaired) electrons. The highest BCUT2D eigenvalue weighted by molar-refractivity contribution is 7.99. The molecule has 0 fully saturated rings. The lowest BCUT2D eigenvalue weighted by atomic mass is 10.0. The summed E-state index contributed by atoms with van der Waals surface area (Å²) in [6.07, 6.45) is 0. The molecule has 0 aliphatic heterocycles. The van der Waals surface area contributed by atoms with Gasteiger partial charge in [-0.25, -0.2) is 9.78 Å². The topological polar surface area (TPSA) is 50.2 Å². The molecule has 3 aromatic rings. The molecule has 0 spiro atoms. The highest BCUT2D eigenvalue weighted by Gasteiger charge is 2.17. The quantitative estimate of drug-likeness (QED) is 0.694. The number of aromatic nitrogens is 1. The molecular formula is C19H15NO2S. The predicted octanol–water partition coefficient (Wildman–Crippen LogP) is 4.66. The number of nitrogens with zero attached hydrogens (tertiary/aromatic N) is 1. The zero-order valence-corrected chi connectivity index (χ0v) is 13.1. The van der Waals surface area contributed by atoms with Crippen LogP contribution in [0.3, 0.4) is 0 Å². The van der Waals surface area contributed by atoms with Crippen LogP contribution in [0.2, 0.25) is 0 Å². The van der Waals surface area contributed by atoms with Crippen LogP contribution < -0.4 is 0 Å². The lowest BCUT2D eigenvalue weighted by Gasteiger charge is -2.17. The van der Waals surface area contributed by atoms with Gasteiger partial charge in [0.1, 0.15) is 5.69 Å². The molecule has 2 aromatic carbocycles. The third-order valence-corrected chi connectivity index (χ3v) is 4.63. The Kier molecular flexibility index (Phi) is 4.74. The number of hydrogen-bond acceptors (Lipinski definition) is 3. The van der Waals surface area contributed by atoms with E-state index in [1.165, 1.54) is 6.07 Å². The van der Waals surface area contributed by atoms with E-state index in [1.807, 2.05) is 42.5 Å². The number of aromatic carboxylic acids is 1. The summed E-state index contributed by atoms with van der Waals surface area (Å²) in [4.78, 5) is 15.3. The van der Waals surface area contributed by atoms with Crippen LogP contribution in [0.25, 0.3) is 0 Å². The zero-order chi connectivity index (χ0) is 16.1. The average Bonchev–Trinajstić information content (AvgIpc) is 2.61. The van der Waals surface area contributed by atoms with Crippen molar-refractivity contribution in [2.24, 2.45) is 0 Å². The van der Waals surface area contributed by atoms with Gasteiger partial charge in [-0.3, -0.25) is 0 Å². The highest BCUT2D eigenvalue weighted by Crippen LogP contribution is 2.39.